The summed E-state index contributed by atoms with van der Waals surface area (Å²) in [4.78, 5) is 0. The molecule has 2 nitrogen and oxygen atoms in total. The molecule has 0 heterocycles. The topological polar surface area (TPSA) is 21.3 Å². The fraction of sp³-hybridized carbons (Fsp3) is 0.684. The third-order valence-corrected chi connectivity index (χ3v) is 4.25. The van der Waals surface area contributed by atoms with Gasteiger partial charge in [0.2, 0.25) is 0 Å². The summed E-state index contributed by atoms with van der Waals surface area (Å²) in [6.07, 6.45) is 5.18. The Morgan fingerprint density at radius 2 is 1.76 bits per heavy atom. The fourth-order valence-electron chi connectivity index (χ4n) is 2.27. The molecular formula is C19H33NO. The van der Waals surface area contributed by atoms with E-state index < -0.39 is 0 Å². The van der Waals surface area contributed by atoms with E-state index in [1.54, 1.807) is 0 Å². The summed E-state index contributed by atoms with van der Waals surface area (Å²) < 4.78 is 5.96. The molecule has 1 N–H and O–H groups in total. The average molecular weight is 291 g/mol. The molecule has 0 aliphatic rings. The van der Waals surface area contributed by atoms with Crippen molar-refractivity contribution in [2.24, 2.45) is 0 Å². The van der Waals surface area contributed by atoms with Crippen molar-refractivity contribution in [2.45, 2.75) is 71.8 Å². The van der Waals surface area contributed by atoms with E-state index >= 15 is 0 Å². The lowest BCUT2D eigenvalue weighted by atomic mass is 9.82. The molecule has 0 spiro atoms. The molecule has 0 bridgehead atoms. The number of rotatable bonds is 10. The van der Waals surface area contributed by atoms with Crippen LogP contribution in [0.25, 0.3) is 0 Å². The minimum Gasteiger partial charge on any atom is -0.489 e. The molecule has 120 valence electrons. The highest BCUT2D eigenvalue weighted by Gasteiger charge is 2.17. The first-order valence-electron chi connectivity index (χ1n) is 8.47. The summed E-state index contributed by atoms with van der Waals surface area (Å²) in [5.74, 6) is 0.966. The van der Waals surface area contributed by atoms with Crippen molar-refractivity contribution in [1.29, 1.82) is 0 Å². The average Bonchev–Trinajstić information content (AvgIpc) is 2.47. The Labute approximate surface area is 131 Å². The zero-order valence-electron chi connectivity index (χ0n) is 14.5. The third kappa shape index (κ3) is 6.52. The lowest BCUT2D eigenvalue weighted by Gasteiger charge is -2.24. The van der Waals surface area contributed by atoms with Gasteiger partial charge in [-0.1, -0.05) is 52.7 Å². The van der Waals surface area contributed by atoms with Gasteiger partial charge >= 0.3 is 0 Å². The summed E-state index contributed by atoms with van der Waals surface area (Å²) in [6.45, 7) is 13.1. The van der Waals surface area contributed by atoms with E-state index in [0.29, 0.717) is 0 Å². The van der Waals surface area contributed by atoms with E-state index in [1.165, 1.54) is 24.8 Å². The van der Waals surface area contributed by atoms with Crippen LogP contribution in [0.3, 0.4) is 0 Å². The highest BCUT2D eigenvalue weighted by molar-refractivity contribution is 5.31. The van der Waals surface area contributed by atoms with Crippen LogP contribution in [0.5, 0.6) is 5.75 Å². The van der Waals surface area contributed by atoms with Gasteiger partial charge in [0.25, 0.3) is 0 Å². The fourth-order valence-corrected chi connectivity index (χ4v) is 2.27. The lowest BCUT2D eigenvalue weighted by molar-refractivity contribution is 0.217. The Morgan fingerprint density at radius 1 is 1.10 bits per heavy atom. The highest BCUT2D eigenvalue weighted by Crippen LogP contribution is 2.28. The van der Waals surface area contributed by atoms with E-state index in [9.17, 15) is 0 Å². The minimum absolute atomic E-state index is 0.205. The minimum atomic E-state index is 0.205. The van der Waals surface area contributed by atoms with Crippen molar-refractivity contribution in [3.63, 3.8) is 0 Å². The Balaban J connectivity index is 2.38. The molecule has 0 radical (unpaired) electrons. The standard InChI is InChI=1S/C19H33NO/c1-6-8-9-14-20-15-16(3)21-18-12-10-17(11-13-18)19(4,5)7-2/h10-13,16,20H,6-9,14-15H2,1-5H3. The first-order chi connectivity index (χ1) is 9.99. The maximum absolute atomic E-state index is 5.96. The summed E-state index contributed by atoms with van der Waals surface area (Å²) in [5, 5.41) is 3.46. The molecule has 21 heavy (non-hydrogen) atoms. The van der Waals surface area contributed by atoms with E-state index in [2.05, 4.69) is 64.2 Å². The van der Waals surface area contributed by atoms with Crippen LogP contribution in [0.4, 0.5) is 0 Å². The van der Waals surface area contributed by atoms with Gasteiger partial charge in [0.05, 0.1) is 0 Å². The van der Waals surface area contributed by atoms with E-state index in [1.807, 2.05) is 0 Å². The molecule has 1 aromatic carbocycles. The van der Waals surface area contributed by atoms with Crippen LogP contribution in [0.15, 0.2) is 24.3 Å². The summed E-state index contributed by atoms with van der Waals surface area (Å²) in [5.41, 5.74) is 1.62. The molecule has 2 heteroatoms. The Hall–Kier alpha value is -1.02. The van der Waals surface area contributed by atoms with Crippen LogP contribution >= 0.6 is 0 Å². The van der Waals surface area contributed by atoms with Gasteiger partial charge in [-0.25, -0.2) is 0 Å². The maximum Gasteiger partial charge on any atom is 0.119 e. The van der Waals surface area contributed by atoms with E-state index in [-0.39, 0.29) is 11.5 Å². The van der Waals surface area contributed by atoms with Gasteiger partial charge in [-0.05, 0) is 49.4 Å². The molecule has 0 aliphatic carbocycles. The monoisotopic (exact) mass is 291 g/mol. The molecule has 0 fully saturated rings. The predicted octanol–water partition coefficient (Wildman–Crippen LogP) is 4.92. The molecule has 1 atom stereocenters. The predicted molar refractivity (Wildman–Crippen MR) is 92.2 cm³/mol. The Bertz CT molecular complexity index is 383. The molecule has 1 unspecified atom stereocenters. The number of hydrogen-bond acceptors (Lipinski definition) is 2. The molecule has 0 saturated heterocycles. The van der Waals surface area contributed by atoms with Crippen molar-refractivity contribution in [1.82, 2.24) is 5.32 Å². The smallest absolute Gasteiger partial charge is 0.119 e. The molecule has 1 rings (SSSR count). The number of ether oxygens (including phenoxy) is 1. The van der Waals surface area contributed by atoms with Gasteiger partial charge in [0, 0.05) is 6.54 Å². The van der Waals surface area contributed by atoms with Crippen LogP contribution in [0.2, 0.25) is 0 Å². The molecule has 0 aliphatic heterocycles. The van der Waals surface area contributed by atoms with E-state index in [4.69, 9.17) is 4.74 Å². The normalized spacial score (nSPS) is 13.2. The zero-order chi connectivity index (χ0) is 15.7. The third-order valence-electron chi connectivity index (χ3n) is 4.25. The van der Waals surface area contributed by atoms with Gasteiger partial charge in [-0.3, -0.25) is 0 Å². The summed E-state index contributed by atoms with van der Waals surface area (Å²) in [7, 11) is 0. The van der Waals surface area contributed by atoms with Gasteiger partial charge in [-0.2, -0.15) is 0 Å². The largest absolute Gasteiger partial charge is 0.489 e. The maximum atomic E-state index is 5.96. The Morgan fingerprint density at radius 3 is 2.33 bits per heavy atom. The molecular weight excluding hydrogens is 258 g/mol. The second-order valence-corrected chi connectivity index (χ2v) is 6.60. The van der Waals surface area contributed by atoms with Crippen molar-refractivity contribution in [3.05, 3.63) is 29.8 Å². The van der Waals surface area contributed by atoms with Crippen LogP contribution in [0.1, 0.15) is 65.9 Å². The molecule has 1 aromatic rings. The Kier molecular flexibility index (Phi) is 7.81. The number of unbranched alkanes of at least 4 members (excludes halogenated alkanes) is 2. The van der Waals surface area contributed by atoms with Gasteiger partial charge in [0.15, 0.2) is 0 Å². The lowest BCUT2D eigenvalue weighted by Crippen LogP contribution is -2.29. The number of hydrogen-bond donors (Lipinski definition) is 1. The van der Waals surface area contributed by atoms with Crippen molar-refractivity contribution in [2.75, 3.05) is 13.1 Å². The second-order valence-electron chi connectivity index (χ2n) is 6.60. The van der Waals surface area contributed by atoms with Crippen LogP contribution in [-0.2, 0) is 5.41 Å². The number of nitrogens with one attached hydrogen (secondary N) is 1. The SMILES string of the molecule is CCCCCNCC(C)Oc1ccc(C(C)(C)CC)cc1. The molecule has 0 saturated carbocycles. The van der Waals surface area contributed by atoms with Crippen LogP contribution in [-0.4, -0.2) is 19.2 Å². The molecule has 0 aromatic heterocycles. The molecule has 0 amide bonds. The van der Waals surface area contributed by atoms with Gasteiger partial charge in [0.1, 0.15) is 11.9 Å². The second kappa shape index (κ2) is 9.09. The number of benzene rings is 1. The van der Waals surface area contributed by atoms with Crippen LogP contribution in [0, 0.1) is 0 Å². The van der Waals surface area contributed by atoms with Crippen LogP contribution < -0.4 is 10.1 Å². The summed E-state index contributed by atoms with van der Waals surface area (Å²) >= 11 is 0. The summed E-state index contributed by atoms with van der Waals surface area (Å²) in [6, 6.07) is 8.58. The van der Waals surface area contributed by atoms with Crippen molar-refractivity contribution < 1.29 is 4.74 Å². The van der Waals surface area contributed by atoms with Gasteiger partial charge < -0.3 is 10.1 Å². The first-order valence-corrected chi connectivity index (χ1v) is 8.47. The van der Waals surface area contributed by atoms with Gasteiger partial charge in [-0.15, -0.1) is 0 Å². The van der Waals surface area contributed by atoms with E-state index in [0.717, 1.165) is 25.3 Å². The van der Waals surface area contributed by atoms with Crippen molar-refractivity contribution >= 4 is 0 Å². The quantitative estimate of drug-likeness (QED) is 0.618. The highest BCUT2D eigenvalue weighted by atomic mass is 16.5. The first kappa shape index (κ1) is 18.0. The van der Waals surface area contributed by atoms with Crippen molar-refractivity contribution in [3.8, 4) is 5.75 Å². The zero-order valence-corrected chi connectivity index (χ0v) is 14.5.